The van der Waals surface area contributed by atoms with Gasteiger partial charge in [0.1, 0.15) is 5.69 Å². The fraction of sp³-hybridized carbons (Fsp3) is 0.455. The van der Waals surface area contributed by atoms with Crippen LogP contribution in [0, 0.1) is 0 Å². The number of ether oxygens (including phenoxy) is 1. The van der Waals surface area contributed by atoms with Crippen molar-refractivity contribution in [2.24, 2.45) is 0 Å². The molecule has 1 aliphatic heterocycles. The second-order valence-corrected chi connectivity index (χ2v) is 3.82. The number of likely N-dealkylation sites (N-methyl/N-ethyl adjacent to an activating group) is 1. The Balaban J connectivity index is 2.05. The van der Waals surface area contributed by atoms with Gasteiger partial charge in [0.2, 0.25) is 0 Å². The fourth-order valence-corrected chi connectivity index (χ4v) is 1.72. The molecule has 18 heavy (non-hydrogen) atoms. The summed E-state index contributed by atoms with van der Waals surface area (Å²) in [6, 6.07) is 0. The van der Waals surface area contributed by atoms with E-state index in [-0.39, 0.29) is 24.1 Å². The zero-order chi connectivity index (χ0) is 13.0. The van der Waals surface area contributed by atoms with Gasteiger partial charge in [0.05, 0.1) is 19.3 Å². The van der Waals surface area contributed by atoms with Crippen LogP contribution in [0.3, 0.4) is 0 Å². The standard InChI is InChI=1S/C11H14N4O3/c1-12-10(16)9-7-15(4-5-18-9)11(17)8-6-13-2-3-14-8/h2-3,6,9H,4-5,7H2,1H3,(H,12,16). The molecule has 7 nitrogen and oxygen atoms in total. The van der Waals surface area contributed by atoms with Gasteiger partial charge in [-0.1, -0.05) is 0 Å². The van der Waals surface area contributed by atoms with Gasteiger partial charge >= 0.3 is 0 Å². The molecule has 0 radical (unpaired) electrons. The molecule has 1 atom stereocenters. The van der Waals surface area contributed by atoms with Crippen LogP contribution in [0.15, 0.2) is 18.6 Å². The molecule has 0 aliphatic carbocycles. The summed E-state index contributed by atoms with van der Waals surface area (Å²) in [5.74, 6) is -0.466. The Bertz CT molecular complexity index is 437. The molecule has 1 aromatic heterocycles. The number of rotatable bonds is 2. The maximum absolute atomic E-state index is 12.1. The number of amides is 2. The average Bonchev–Trinajstić information content (AvgIpc) is 2.46. The van der Waals surface area contributed by atoms with E-state index < -0.39 is 6.10 Å². The number of carbonyl (C=O) groups is 2. The topological polar surface area (TPSA) is 84.4 Å². The number of aromatic nitrogens is 2. The lowest BCUT2D eigenvalue weighted by Crippen LogP contribution is -2.51. The molecule has 0 saturated carbocycles. The molecule has 1 aromatic rings. The zero-order valence-corrected chi connectivity index (χ0v) is 10.00. The van der Waals surface area contributed by atoms with Crippen LogP contribution >= 0.6 is 0 Å². The molecule has 0 aromatic carbocycles. The molecule has 96 valence electrons. The highest BCUT2D eigenvalue weighted by Crippen LogP contribution is 2.08. The molecule has 7 heteroatoms. The maximum atomic E-state index is 12.1. The van der Waals surface area contributed by atoms with Crippen molar-refractivity contribution in [3.63, 3.8) is 0 Å². The van der Waals surface area contributed by atoms with Crippen LogP contribution in [0.1, 0.15) is 10.5 Å². The van der Waals surface area contributed by atoms with Gasteiger partial charge in [-0.05, 0) is 0 Å². The van der Waals surface area contributed by atoms with Crippen molar-refractivity contribution < 1.29 is 14.3 Å². The number of hydrogen-bond acceptors (Lipinski definition) is 5. The van der Waals surface area contributed by atoms with Gasteiger partial charge in [-0.2, -0.15) is 0 Å². The average molecular weight is 250 g/mol. The van der Waals surface area contributed by atoms with E-state index >= 15 is 0 Å². The Morgan fingerprint density at radius 2 is 2.33 bits per heavy atom. The SMILES string of the molecule is CNC(=O)C1CN(C(=O)c2cnccn2)CCO1. The van der Waals surface area contributed by atoms with E-state index in [4.69, 9.17) is 4.74 Å². The van der Waals surface area contributed by atoms with E-state index in [1.165, 1.54) is 25.6 Å². The van der Waals surface area contributed by atoms with Gasteiger partial charge in [-0.25, -0.2) is 4.98 Å². The van der Waals surface area contributed by atoms with Gasteiger partial charge in [0.15, 0.2) is 6.10 Å². The van der Waals surface area contributed by atoms with Crippen LogP contribution in [0.25, 0.3) is 0 Å². The molecule has 2 heterocycles. The Hall–Kier alpha value is -2.02. The minimum absolute atomic E-state index is 0.230. The molecule has 1 saturated heterocycles. The third-order valence-electron chi connectivity index (χ3n) is 2.67. The van der Waals surface area contributed by atoms with Gasteiger partial charge in [-0.15, -0.1) is 0 Å². The normalized spacial score (nSPS) is 19.4. The van der Waals surface area contributed by atoms with Gasteiger partial charge < -0.3 is 15.0 Å². The number of hydrogen-bond donors (Lipinski definition) is 1. The Morgan fingerprint density at radius 3 is 3.00 bits per heavy atom. The summed E-state index contributed by atoms with van der Waals surface area (Å²) in [5, 5.41) is 2.50. The maximum Gasteiger partial charge on any atom is 0.274 e. The van der Waals surface area contributed by atoms with Crippen molar-refractivity contribution in [1.82, 2.24) is 20.2 Å². The quantitative estimate of drug-likeness (QED) is 0.732. The van der Waals surface area contributed by atoms with Crippen molar-refractivity contribution in [3.05, 3.63) is 24.3 Å². The van der Waals surface area contributed by atoms with Crippen molar-refractivity contribution >= 4 is 11.8 Å². The lowest BCUT2D eigenvalue weighted by Gasteiger charge is -2.31. The summed E-state index contributed by atoms with van der Waals surface area (Å²) in [4.78, 5) is 32.9. The predicted molar refractivity (Wildman–Crippen MR) is 61.7 cm³/mol. The van der Waals surface area contributed by atoms with Crippen LogP contribution in [-0.2, 0) is 9.53 Å². The fourth-order valence-electron chi connectivity index (χ4n) is 1.72. The van der Waals surface area contributed by atoms with Gasteiger partial charge in [-0.3, -0.25) is 14.6 Å². The predicted octanol–water partition coefficient (Wildman–Crippen LogP) is -0.936. The molecular formula is C11H14N4O3. The highest BCUT2D eigenvalue weighted by Gasteiger charge is 2.29. The number of morpholine rings is 1. The second kappa shape index (κ2) is 5.54. The van der Waals surface area contributed by atoms with E-state index in [9.17, 15) is 9.59 Å². The van der Waals surface area contributed by atoms with Crippen LogP contribution in [0.4, 0.5) is 0 Å². The molecule has 1 aliphatic rings. The second-order valence-electron chi connectivity index (χ2n) is 3.82. The zero-order valence-electron chi connectivity index (χ0n) is 10.00. The van der Waals surface area contributed by atoms with Crippen molar-refractivity contribution in [1.29, 1.82) is 0 Å². The molecule has 1 unspecified atom stereocenters. The van der Waals surface area contributed by atoms with Crippen LogP contribution in [0.5, 0.6) is 0 Å². The molecular weight excluding hydrogens is 236 g/mol. The van der Waals surface area contributed by atoms with E-state index in [1.807, 2.05) is 0 Å². The van der Waals surface area contributed by atoms with Crippen molar-refractivity contribution in [2.45, 2.75) is 6.10 Å². The minimum atomic E-state index is -0.621. The number of nitrogens with zero attached hydrogens (tertiary/aromatic N) is 3. The van der Waals surface area contributed by atoms with Crippen molar-refractivity contribution in [2.75, 3.05) is 26.7 Å². The Kier molecular flexibility index (Phi) is 3.83. The van der Waals surface area contributed by atoms with Gasteiger partial charge in [0.25, 0.3) is 11.8 Å². The summed E-state index contributed by atoms with van der Waals surface area (Å²) in [7, 11) is 1.54. The minimum Gasteiger partial charge on any atom is -0.365 e. The summed E-state index contributed by atoms with van der Waals surface area (Å²) < 4.78 is 5.30. The van der Waals surface area contributed by atoms with E-state index in [2.05, 4.69) is 15.3 Å². The molecule has 0 spiro atoms. The summed E-state index contributed by atoms with van der Waals surface area (Å²) in [6.07, 6.45) is 3.75. The van der Waals surface area contributed by atoms with E-state index in [0.29, 0.717) is 13.2 Å². The summed E-state index contributed by atoms with van der Waals surface area (Å²) in [6.45, 7) is 1.02. The highest BCUT2D eigenvalue weighted by molar-refractivity contribution is 5.92. The largest absolute Gasteiger partial charge is 0.365 e. The first-order chi connectivity index (χ1) is 8.72. The summed E-state index contributed by atoms with van der Waals surface area (Å²) in [5.41, 5.74) is 0.273. The summed E-state index contributed by atoms with van der Waals surface area (Å²) >= 11 is 0. The molecule has 0 bridgehead atoms. The number of carbonyl (C=O) groups excluding carboxylic acids is 2. The monoisotopic (exact) mass is 250 g/mol. The molecule has 2 rings (SSSR count). The lowest BCUT2D eigenvalue weighted by molar-refractivity contribution is -0.136. The first-order valence-electron chi connectivity index (χ1n) is 5.61. The van der Waals surface area contributed by atoms with Crippen LogP contribution in [0.2, 0.25) is 0 Å². The first kappa shape index (κ1) is 12.4. The van der Waals surface area contributed by atoms with Gasteiger partial charge in [0, 0.05) is 26.0 Å². The Morgan fingerprint density at radius 1 is 1.50 bits per heavy atom. The van der Waals surface area contributed by atoms with E-state index in [0.717, 1.165) is 0 Å². The lowest BCUT2D eigenvalue weighted by atomic mass is 10.2. The molecule has 1 N–H and O–H groups in total. The van der Waals surface area contributed by atoms with Crippen molar-refractivity contribution in [3.8, 4) is 0 Å². The smallest absolute Gasteiger partial charge is 0.274 e. The van der Waals surface area contributed by atoms with Crippen LogP contribution < -0.4 is 5.32 Å². The van der Waals surface area contributed by atoms with E-state index in [1.54, 1.807) is 4.90 Å². The van der Waals surface area contributed by atoms with Crippen LogP contribution in [-0.4, -0.2) is 59.5 Å². The Labute approximate surface area is 104 Å². The number of nitrogens with one attached hydrogen (secondary N) is 1. The molecule has 2 amide bonds. The first-order valence-corrected chi connectivity index (χ1v) is 5.61. The molecule has 1 fully saturated rings. The third-order valence-corrected chi connectivity index (χ3v) is 2.67. The third kappa shape index (κ3) is 2.62. The highest BCUT2D eigenvalue weighted by atomic mass is 16.5.